The number of ether oxygens (including phenoxy) is 3. The largest absolute Gasteiger partial charge is 0.508 e. The molecule has 0 saturated heterocycles. The molecule has 1 heterocycles. The van der Waals surface area contributed by atoms with Crippen LogP contribution in [0, 0.1) is 5.92 Å². The molecule has 0 saturated carbocycles. The summed E-state index contributed by atoms with van der Waals surface area (Å²) >= 11 is 0. The third-order valence-electron chi connectivity index (χ3n) is 9.36. The minimum atomic E-state index is -1.04. The van der Waals surface area contributed by atoms with Crippen molar-refractivity contribution in [3.63, 3.8) is 0 Å². The second-order valence-corrected chi connectivity index (χ2v) is 13.5. The smallest absolute Gasteiger partial charge is 0.198 e. The van der Waals surface area contributed by atoms with Crippen molar-refractivity contribution >= 4 is 17.0 Å². The SMILES string of the molecule is C=C/C(=C(F)\C=C/C)C(C=C/C(=C\C)N(C)C(CC(=O)C(=C)O)C(C)O)C(=C)OC.CC.CC.COC(=C/C=C/F)/C=C(\C)c1cc(N2C=C(O)C(O)CC=C2C(C)O)ccc1OC. The Bertz CT molecular complexity index is 1930. The lowest BCUT2D eigenvalue weighted by molar-refractivity contribution is -0.119. The van der Waals surface area contributed by atoms with Gasteiger partial charge in [0.05, 0.1) is 57.6 Å². The Kier molecular flexibility index (Phi) is 30.8. The van der Waals surface area contributed by atoms with Crippen molar-refractivity contribution < 1.29 is 53.3 Å². The molecule has 13 heteroatoms. The molecule has 5 atom stereocenters. The first-order valence-corrected chi connectivity index (χ1v) is 21.0. The predicted molar refractivity (Wildman–Crippen MR) is 259 cm³/mol. The molecular formula is C51H74F2N2O9. The highest BCUT2D eigenvalue weighted by Crippen LogP contribution is 2.35. The van der Waals surface area contributed by atoms with Crippen LogP contribution in [0.5, 0.6) is 5.75 Å². The van der Waals surface area contributed by atoms with Crippen molar-refractivity contribution in [3.8, 4) is 5.75 Å². The van der Waals surface area contributed by atoms with E-state index in [2.05, 4.69) is 19.7 Å². The number of halogens is 2. The number of ketones is 1. The quantitative estimate of drug-likeness (QED) is 0.0483. The monoisotopic (exact) mass is 897 g/mol. The van der Waals surface area contributed by atoms with E-state index in [0.717, 1.165) is 11.1 Å². The first kappa shape index (κ1) is 60.2. The van der Waals surface area contributed by atoms with Gasteiger partial charge in [-0.3, -0.25) is 4.79 Å². The molecule has 11 nitrogen and oxygen atoms in total. The molecule has 1 aliphatic rings. The van der Waals surface area contributed by atoms with Gasteiger partial charge in [0.2, 0.25) is 0 Å². The minimum Gasteiger partial charge on any atom is -0.508 e. The van der Waals surface area contributed by atoms with Gasteiger partial charge in [-0.2, -0.15) is 0 Å². The number of aliphatic hydroxyl groups excluding tert-OH is 5. The highest BCUT2D eigenvalue weighted by Gasteiger charge is 2.26. The Morgan fingerprint density at radius 2 is 1.69 bits per heavy atom. The molecule has 0 radical (unpaired) electrons. The third kappa shape index (κ3) is 19.2. The summed E-state index contributed by atoms with van der Waals surface area (Å²) in [5.41, 5.74) is 3.68. The normalized spacial score (nSPS) is 16.8. The molecule has 356 valence electrons. The second kappa shape index (κ2) is 32.7. The van der Waals surface area contributed by atoms with Gasteiger partial charge in [-0.05, 0) is 88.8 Å². The number of aliphatic hydroxyl groups is 5. The van der Waals surface area contributed by atoms with E-state index in [0.29, 0.717) is 46.3 Å². The van der Waals surface area contributed by atoms with Crippen LogP contribution in [-0.2, 0) is 14.3 Å². The standard InChI is InChI=1S/C24H34FNO4.C23H28FNO5.2C2H6/c1-9-12-22(25)20(11-3)21(18(6)30-8)14-13-19(10-2)26(7)23(16(4)27)15-24(29)17(5)28;1-15(12-18(29-3)6-5-11-24)19-13-17(7-10-23(19)30-4)25-14-22(28)21(27)9-8-20(25)16(2)26;2*1-2/h9-14,16,21,23,27-28H,3,5-6,15H2,1-2,4,7-8H3;5-8,10-14,16,21,26-28H,9H2,1-4H3;2*1-2H3/b12-9-,14-13?,19-10+,22-20-;11-5+,15-12+,18-6+;;. The number of carbonyl (C=O) groups is 1. The zero-order valence-electron chi connectivity index (χ0n) is 40.1. The molecule has 1 aromatic rings. The van der Waals surface area contributed by atoms with Gasteiger partial charge in [0.1, 0.15) is 29.2 Å². The number of hydrogen-bond donors (Lipinski definition) is 5. The van der Waals surface area contributed by atoms with Gasteiger partial charge in [0.15, 0.2) is 11.5 Å². The Hall–Kier alpha value is -5.89. The van der Waals surface area contributed by atoms with Crippen LogP contribution in [0.4, 0.5) is 14.5 Å². The number of carbonyl (C=O) groups excluding carboxylic acids is 1. The zero-order chi connectivity index (χ0) is 49.7. The molecule has 64 heavy (non-hydrogen) atoms. The number of Topliss-reactive ketones (excluding diaryl/α,β-unsaturated/α-hetero) is 1. The summed E-state index contributed by atoms with van der Waals surface area (Å²) in [5.74, 6) is -0.970. The molecular weight excluding hydrogens is 823 g/mol. The summed E-state index contributed by atoms with van der Waals surface area (Å²) in [6.45, 7) is 27.3. The van der Waals surface area contributed by atoms with E-state index in [1.807, 2.05) is 40.7 Å². The summed E-state index contributed by atoms with van der Waals surface area (Å²) in [6.07, 6.45) is 14.9. The van der Waals surface area contributed by atoms with Gasteiger partial charge in [-0.1, -0.05) is 77.8 Å². The second-order valence-electron chi connectivity index (χ2n) is 13.5. The molecule has 5 N–H and O–H groups in total. The van der Waals surface area contributed by atoms with Crippen LogP contribution >= 0.6 is 0 Å². The van der Waals surface area contributed by atoms with E-state index >= 15 is 0 Å². The summed E-state index contributed by atoms with van der Waals surface area (Å²) in [7, 11) is 6.22. The first-order valence-electron chi connectivity index (χ1n) is 21.0. The molecule has 0 aromatic heterocycles. The van der Waals surface area contributed by atoms with Gasteiger partial charge in [0.25, 0.3) is 0 Å². The summed E-state index contributed by atoms with van der Waals surface area (Å²) in [6, 6.07) is 4.79. The van der Waals surface area contributed by atoms with E-state index in [4.69, 9.17) is 14.2 Å². The number of likely N-dealkylation sites (N-methyl/N-ethyl adjacent to an activating group) is 1. The van der Waals surface area contributed by atoms with Crippen LogP contribution in [0.2, 0.25) is 0 Å². The van der Waals surface area contributed by atoms with Crippen LogP contribution in [-0.4, -0.2) is 88.9 Å². The van der Waals surface area contributed by atoms with Gasteiger partial charge >= 0.3 is 0 Å². The molecule has 0 spiro atoms. The number of anilines is 1. The maximum Gasteiger partial charge on any atom is 0.198 e. The van der Waals surface area contributed by atoms with Gasteiger partial charge in [-0.15, -0.1) is 0 Å². The van der Waals surface area contributed by atoms with Gasteiger partial charge in [-0.25, -0.2) is 8.78 Å². The fraction of sp³-hybridized carbons (Fsp3) is 0.392. The van der Waals surface area contributed by atoms with Crippen LogP contribution in [0.15, 0.2) is 157 Å². The lowest BCUT2D eigenvalue weighted by Gasteiger charge is -2.32. The Morgan fingerprint density at radius 1 is 1.06 bits per heavy atom. The number of benzene rings is 1. The Morgan fingerprint density at radius 3 is 2.16 bits per heavy atom. The average molecular weight is 897 g/mol. The number of methoxy groups -OCH3 is 3. The molecule has 0 fully saturated rings. The van der Waals surface area contributed by atoms with Gasteiger partial charge in [0, 0.05) is 54.3 Å². The molecule has 0 bridgehead atoms. The van der Waals surface area contributed by atoms with E-state index in [-0.39, 0.29) is 18.6 Å². The lowest BCUT2D eigenvalue weighted by Crippen LogP contribution is -2.40. The number of nitrogens with zero attached hydrogens (tertiary/aromatic N) is 2. The maximum atomic E-state index is 14.5. The highest BCUT2D eigenvalue weighted by molar-refractivity contribution is 5.92. The topological polar surface area (TPSA) is 152 Å². The highest BCUT2D eigenvalue weighted by atomic mass is 19.1. The van der Waals surface area contributed by atoms with Crippen molar-refractivity contribution in [1.29, 1.82) is 0 Å². The molecule has 1 aliphatic heterocycles. The Labute approximate surface area is 381 Å². The summed E-state index contributed by atoms with van der Waals surface area (Å²) in [4.78, 5) is 15.3. The molecule has 5 unspecified atom stereocenters. The first-order chi connectivity index (χ1) is 30.4. The number of hydrogen-bond acceptors (Lipinski definition) is 11. The predicted octanol–water partition coefficient (Wildman–Crippen LogP) is 11.3. The van der Waals surface area contributed by atoms with E-state index in [1.54, 1.807) is 100 Å². The van der Waals surface area contributed by atoms with Gasteiger partial charge < -0.3 is 49.5 Å². The Balaban J connectivity index is 0. The maximum absolute atomic E-state index is 14.5. The minimum absolute atomic E-state index is 0.114. The molecule has 0 amide bonds. The van der Waals surface area contributed by atoms with Crippen molar-refractivity contribution in [1.82, 2.24) is 4.90 Å². The molecule has 1 aromatic carbocycles. The van der Waals surface area contributed by atoms with Crippen molar-refractivity contribution in [2.45, 2.75) is 99.5 Å². The fourth-order valence-electron chi connectivity index (χ4n) is 5.96. The van der Waals surface area contributed by atoms with Crippen molar-refractivity contribution in [2.75, 3.05) is 33.3 Å². The van der Waals surface area contributed by atoms with Crippen LogP contribution in [0.1, 0.15) is 80.7 Å². The third-order valence-corrected chi connectivity index (χ3v) is 9.36. The lowest BCUT2D eigenvalue weighted by atomic mass is 9.94. The van der Waals surface area contributed by atoms with Crippen LogP contribution in [0.25, 0.3) is 5.57 Å². The van der Waals surface area contributed by atoms with Crippen LogP contribution in [0.3, 0.4) is 0 Å². The number of allylic oxidation sites excluding steroid dienone is 12. The van der Waals surface area contributed by atoms with E-state index in [1.165, 1.54) is 44.7 Å². The molecule has 0 aliphatic carbocycles. The summed E-state index contributed by atoms with van der Waals surface area (Å²) in [5, 5.41) is 49.8. The van der Waals surface area contributed by atoms with Crippen molar-refractivity contribution in [2.24, 2.45) is 5.92 Å². The zero-order valence-corrected chi connectivity index (χ0v) is 40.1. The fourth-order valence-corrected chi connectivity index (χ4v) is 5.96. The van der Waals surface area contributed by atoms with E-state index < -0.39 is 47.6 Å². The van der Waals surface area contributed by atoms with E-state index in [9.17, 15) is 39.1 Å². The number of rotatable bonds is 20. The van der Waals surface area contributed by atoms with Crippen LogP contribution < -0.4 is 9.64 Å². The average Bonchev–Trinajstić information content (AvgIpc) is 3.44. The van der Waals surface area contributed by atoms with Crippen molar-refractivity contribution in [3.05, 3.63) is 163 Å². The molecule has 2 rings (SSSR count). The summed E-state index contributed by atoms with van der Waals surface area (Å²) < 4.78 is 42.8.